The molecule has 114 valence electrons. The number of esters is 1. The Morgan fingerprint density at radius 3 is 2.65 bits per heavy atom. The molecule has 1 aromatic heterocycles. The Hall–Kier alpha value is -1.61. The van der Waals surface area contributed by atoms with Gasteiger partial charge in [0, 0.05) is 26.3 Å². The summed E-state index contributed by atoms with van der Waals surface area (Å²) in [6, 6.07) is 0. The van der Waals surface area contributed by atoms with Crippen LogP contribution in [0.5, 0.6) is 0 Å². The van der Waals surface area contributed by atoms with Gasteiger partial charge >= 0.3 is 5.97 Å². The van der Waals surface area contributed by atoms with Crippen molar-refractivity contribution in [3.8, 4) is 0 Å². The molecule has 0 aromatic carbocycles. The second kappa shape index (κ2) is 6.23. The zero-order valence-electron chi connectivity index (χ0n) is 12.0. The van der Waals surface area contributed by atoms with Gasteiger partial charge in [0.25, 0.3) is 0 Å². The van der Waals surface area contributed by atoms with Crippen molar-refractivity contribution >= 4 is 21.8 Å². The van der Waals surface area contributed by atoms with Crippen LogP contribution in [0.3, 0.4) is 0 Å². The van der Waals surface area contributed by atoms with Gasteiger partial charge in [-0.25, -0.2) is 8.42 Å². The number of rotatable bonds is 6. The van der Waals surface area contributed by atoms with Crippen LogP contribution in [0.4, 0.5) is 5.82 Å². The van der Waals surface area contributed by atoms with Crippen LogP contribution in [0.1, 0.15) is 13.8 Å². The molecule has 0 saturated heterocycles. The van der Waals surface area contributed by atoms with Gasteiger partial charge in [-0.2, -0.15) is 9.40 Å². The summed E-state index contributed by atoms with van der Waals surface area (Å²) >= 11 is 0. The monoisotopic (exact) mass is 304 g/mol. The van der Waals surface area contributed by atoms with Gasteiger partial charge in [0.1, 0.15) is 4.90 Å². The van der Waals surface area contributed by atoms with E-state index in [0.29, 0.717) is 6.54 Å². The normalized spacial score (nSPS) is 13.4. The van der Waals surface area contributed by atoms with Crippen LogP contribution >= 0.6 is 0 Å². The quantitative estimate of drug-likeness (QED) is 0.736. The van der Waals surface area contributed by atoms with Crippen LogP contribution in [-0.2, 0) is 26.1 Å². The zero-order chi connectivity index (χ0) is 15.5. The van der Waals surface area contributed by atoms with Crippen molar-refractivity contribution in [3.63, 3.8) is 0 Å². The third kappa shape index (κ3) is 3.28. The summed E-state index contributed by atoms with van der Waals surface area (Å²) in [7, 11) is -1.13. The highest BCUT2D eigenvalue weighted by molar-refractivity contribution is 7.89. The van der Waals surface area contributed by atoms with Gasteiger partial charge in [-0.3, -0.25) is 9.48 Å². The summed E-state index contributed by atoms with van der Waals surface area (Å²) < 4.78 is 31.8. The minimum Gasteiger partial charge on any atom is -0.469 e. The van der Waals surface area contributed by atoms with E-state index in [1.807, 2.05) is 6.92 Å². The Kier molecular flexibility index (Phi) is 5.12. The van der Waals surface area contributed by atoms with Crippen LogP contribution in [-0.4, -0.2) is 49.2 Å². The third-order valence-electron chi connectivity index (χ3n) is 2.90. The standard InChI is InChI=1S/C11H20N4O4S/c1-5-15-7-9(10(12)13-15)20(17,18)14(3)6-8(2)11(16)19-4/h7-8H,5-6H2,1-4H3,(H2,12,13). The third-order valence-corrected chi connectivity index (χ3v) is 4.74. The second-order valence-electron chi connectivity index (χ2n) is 4.44. The van der Waals surface area contributed by atoms with E-state index in [1.165, 1.54) is 25.0 Å². The highest BCUT2D eigenvalue weighted by Crippen LogP contribution is 2.21. The van der Waals surface area contributed by atoms with Crippen molar-refractivity contribution in [3.05, 3.63) is 6.20 Å². The van der Waals surface area contributed by atoms with E-state index in [4.69, 9.17) is 5.73 Å². The highest BCUT2D eigenvalue weighted by Gasteiger charge is 2.28. The smallest absolute Gasteiger partial charge is 0.309 e. The number of aryl methyl sites for hydroxylation is 1. The van der Waals surface area contributed by atoms with Gasteiger partial charge in [0.15, 0.2) is 5.82 Å². The average Bonchev–Trinajstić information content (AvgIpc) is 2.79. The van der Waals surface area contributed by atoms with E-state index in [2.05, 4.69) is 9.84 Å². The molecule has 0 fully saturated rings. The molecule has 2 N–H and O–H groups in total. The summed E-state index contributed by atoms with van der Waals surface area (Å²) in [5.74, 6) is -1.09. The molecule has 1 aromatic rings. The molecule has 1 atom stereocenters. The Morgan fingerprint density at radius 2 is 2.20 bits per heavy atom. The molecule has 0 aliphatic rings. The molecular weight excluding hydrogens is 284 g/mol. The fraction of sp³-hybridized carbons (Fsp3) is 0.636. The number of anilines is 1. The van der Waals surface area contributed by atoms with Crippen molar-refractivity contribution in [2.75, 3.05) is 26.4 Å². The Bertz CT molecular complexity index is 581. The summed E-state index contributed by atoms with van der Waals surface area (Å²) in [4.78, 5) is 11.3. The fourth-order valence-corrected chi connectivity index (χ4v) is 3.02. The maximum Gasteiger partial charge on any atom is 0.309 e. The van der Waals surface area contributed by atoms with E-state index in [1.54, 1.807) is 6.92 Å². The van der Waals surface area contributed by atoms with Crippen molar-refractivity contribution in [1.82, 2.24) is 14.1 Å². The number of carbonyl (C=O) groups is 1. The minimum atomic E-state index is -3.78. The molecule has 9 heteroatoms. The first-order chi connectivity index (χ1) is 9.23. The Labute approximate surface area is 118 Å². The van der Waals surface area contributed by atoms with Crippen molar-refractivity contribution in [1.29, 1.82) is 0 Å². The molecule has 0 amide bonds. The number of methoxy groups -OCH3 is 1. The first-order valence-corrected chi connectivity index (χ1v) is 7.55. The molecule has 0 saturated carbocycles. The summed E-state index contributed by atoms with van der Waals surface area (Å²) in [5.41, 5.74) is 5.63. The Balaban J connectivity index is 2.98. The fourth-order valence-electron chi connectivity index (χ4n) is 1.71. The number of hydrogen-bond donors (Lipinski definition) is 1. The number of carbonyl (C=O) groups excluding carboxylic acids is 1. The maximum atomic E-state index is 12.4. The number of nitrogens with two attached hydrogens (primary N) is 1. The Morgan fingerprint density at radius 1 is 1.60 bits per heavy atom. The molecular formula is C11H20N4O4S. The number of aromatic nitrogens is 2. The zero-order valence-corrected chi connectivity index (χ0v) is 12.8. The van der Waals surface area contributed by atoms with E-state index < -0.39 is 21.9 Å². The van der Waals surface area contributed by atoms with Crippen LogP contribution in [0.25, 0.3) is 0 Å². The predicted octanol–water partition coefficient (Wildman–Crippen LogP) is -0.0852. The van der Waals surface area contributed by atoms with Crippen molar-refractivity contribution in [2.24, 2.45) is 5.92 Å². The minimum absolute atomic E-state index is 0.00571. The number of nitrogen functional groups attached to an aromatic ring is 1. The lowest BCUT2D eigenvalue weighted by molar-refractivity contribution is -0.144. The van der Waals surface area contributed by atoms with E-state index >= 15 is 0 Å². The molecule has 20 heavy (non-hydrogen) atoms. The van der Waals surface area contributed by atoms with Crippen LogP contribution < -0.4 is 5.73 Å². The maximum absolute atomic E-state index is 12.4. The molecule has 1 unspecified atom stereocenters. The SMILES string of the molecule is CCn1cc(S(=O)(=O)N(C)CC(C)C(=O)OC)c(N)n1. The van der Waals surface area contributed by atoms with Gasteiger partial charge in [-0.05, 0) is 6.92 Å². The summed E-state index contributed by atoms with van der Waals surface area (Å²) in [6.45, 7) is 3.94. The topological polar surface area (TPSA) is 108 Å². The lowest BCUT2D eigenvalue weighted by Crippen LogP contribution is -2.34. The first-order valence-electron chi connectivity index (χ1n) is 6.11. The van der Waals surface area contributed by atoms with E-state index in [9.17, 15) is 13.2 Å². The van der Waals surface area contributed by atoms with Crippen LogP contribution in [0.2, 0.25) is 0 Å². The van der Waals surface area contributed by atoms with Gasteiger partial charge in [0.2, 0.25) is 10.0 Å². The van der Waals surface area contributed by atoms with Gasteiger partial charge in [-0.15, -0.1) is 0 Å². The largest absolute Gasteiger partial charge is 0.469 e. The molecule has 0 spiro atoms. The van der Waals surface area contributed by atoms with E-state index in [0.717, 1.165) is 4.31 Å². The van der Waals surface area contributed by atoms with Crippen molar-refractivity contribution < 1.29 is 17.9 Å². The molecule has 0 radical (unpaired) electrons. The lowest BCUT2D eigenvalue weighted by atomic mass is 10.2. The summed E-state index contributed by atoms with van der Waals surface area (Å²) in [6.07, 6.45) is 1.38. The second-order valence-corrected chi connectivity index (χ2v) is 6.46. The molecule has 0 bridgehead atoms. The molecule has 1 heterocycles. The lowest BCUT2D eigenvalue weighted by Gasteiger charge is -2.19. The highest BCUT2D eigenvalue weighted by atomic mass is 32.2. The number of nitrogens with zero attached hydrogens (tertiary/aromatic N) is 3. The average molecular weight is 304 g/mol. The summed E-state index contributed by atoms with van der Waals surface area (Å²) in [5, 5.41) is 3.91. The van der Waals surface area contributed by atoms with Gasteiger partial charge in [0.05, 0.1) is 13.0 Å². The number of sulfonamides is 1. The van der Waals surface area contributed by atoms with E-state index in [-0.39, 0.29) is 17.3 Å². The van der Waals surface area contributed by atoms with Crippen LogP contribution in [0, 0.1) is 5.92 Å². The molecule has 1 rings (SSSR count). The first kappa shape index (κ1) is 16.4. The number of hydrogen-bond acceptors (Lipinski definition) is 6. The van der Waals surface area contributed by atoms with Gasteiger partial charge < -0.3 is 10.5 Å². The predicted molar refractivity (Wildman–Crippen MR) is 73.3 cm³/mol. The van der Waals surface area contributed by atoms with Crippen LogP contribution in [0.15, 0.2) is 11.1 Å². The van der Waals surface area contributed by atoms with Crippen molar-refractivity contribution in [2.45, 2.75) is 25.3 Å². The van der Waals surface area contributed by atoms with Gasteiger partial charge in [-0.1, -0.05) is 6.92 Å². The molecule has 0 aliphatic carbocycles. The molecule has 0 aliphatic heterocycles. The number of ether oxygens (including phenoxy) is 1. The molecule has 8 nitrogen and oxygen atoms in total.